The molecule has 1 aliphatic rings. The van der Waals surface area contributed by atoms with Gasteiger partial charge in [-0.2, -0.15) is 0 Å². The maximum absolute atomic E-state index is 5.99. The number of nitrogens with two attached hydrogens (primary N) is 1. The van der Waals surface area contributed by atoms with Gasteiger partial charge in [-0.25, -0.2) is 9.97 Å². The molecule has 2 N–H and O–H groups in total. The van der Waals surface area contributed by atoms with Crippen LogP contribution in [0.5, 0.6) is 0 Å². The predicted molar refractivity (Wildman–Crippen MR) is 96.8 cm³/mol. The molecule has 0 aliphatic carbocycles. The molecule has 0 saturated heterocycles. The highest BCUT2D eigenvalue weighted by atomic mass is 35.5. The molecule has 0 amide bonds. The molecule has 0 saturated carbocycles. The molecule has 0 spiro atoms. The van der Waals surface area contributed by atoms with Crippen LogP contribution < -0.4 is 5.73 Å². The van der Waals surface area contributed by atoms with Crippen molar-refractivity contribution in [1.29, 1.82) is 0 Å². The summed E-state index contributed by atoms with van der Waals surface area (Å²) in [7, 11) is 0. The molecule has 3 aromatic heterocycles. The molecule has 4 heterocycles. The minimum absolute atomic E-state index is 0.357. The molecular formula is C17H16ClN5S. The Morgan fingerprint density at radius 1 is 1.17 bits per heavy atom. The quantitative estimate of drug-likeness (QED) is 0.778. The van der Waals surface area contributed by atoms with Crippen molar-refractivity contribution in [2.45, 2.75) is 19.5 Å². The van der Waals surface area contributed by atoms with Crippen LogP contribution in [-0.2, 0) is 19.5 Å². The highest BCUT2D eigenvalue weighted by Gasteiger charge is 2.18. The summed E-state index contributed by atoms with van der Waals surface area (Å²) in [5, 5.41) is 0. The summed E-state index contributed by atoms with van der Waals surface area (Å²) >= 11 is 7.53. The molecule has 1 aliphatic heterocycles. The van der Waals surface area contributed by atoms with Gasteiger partial charge in [0.2, 0.25) is 5.95 Å². The van der Waals surface area contributed by atoms with Crippen LogP contribution in [0.3, 0.4) is 0 Å². The van der Waals surface area contributed by atoms with Gasteiger partial charge in [-0.15, -0.1) is 11.3 Å². The van der Waals surface area contributed by atoms with E-state index in [-0.39, 0.29) is 0 Å². The smallest absolute Gasteiger partial charge is 0.220 e. The van der Waals surface area contributed by atoms with E-state index in [2.05, 4.69) is 32.0 Å². The first-order chi connectivity index (χ1) is 11.7. The predicted octanol–water partition coefficient (Wildman–Crippen LogP) is 3.39. The van der Waals surface area contributed by atoms with Crippen LogP contribution in [0.1, 0.15) is 16.8 Å². The number of thiophene rings is 1. The van der Waals surface area contributed by atoms with Crippen LogP contribution in [0, 0.1) is 0 Å². The number of hydrogen-bond acceptors (Lipinski definition) is 6. The van der Waals surface area contributed by atoms with Gasteiger partial charge in [-0.05, 0) is 23.8 Å². The van der Waals surface area contributed by atoms with E-state index in [1.54, 1.807) is 11.3 Å². The number of halogens is 1. The van der Waals surface area contributed by atoms with Gasteiger partial charge in [0.15, 0.2) is 0 Å². The average Bonchev–Trinajstić information content (AvgIpc) is 3.02. The maximum atomic E-state index is 5.99. The van der Waals surface area contributed by atoms with Gasteiger partial charge in [-0.3, -0.25) is 9.88 Å². The van der Waals surface area contributed by atoms with Crippen LogP contribution >= 0.6 is 22.9 Å². The van der Waals surface area contributed by atoms with Gasteiger partial charge in [0.1, 0.15) is 0 Å². The molecule has 24 heavy (non-hydrogen) atoms. The Labute approximate surface area is 149 Å². The van der Waals surface area contributed by atoms with Gasteiger partial charge in [-0.1, -0.05) is 17.7 Å². The molecule has 5 nitrogen and oxygen atoms in total. The van der Waals surface area contributed by atoms with Crippen LogP contribution in [0.25, 0.3) is 10.6 Å². The summed E-state index contributed by atoms with van der Waals surface area (Å²) in [6, 6.07) is 8.09. The SMILES string of the molecule is Nc1ncc2c(n1)CCN(Cc1ccc(-c3ccc(Cl)s3)nc1)C2. The summed E-state index contributed by atoms with van der Waals surface area (Å²) in [6.07, 6.45) is 4.69. The monoisotopic (exact) mass is 357 g/mol. The molecule has 4 rings (SSSR count). The molecule has 7 heteroatoms. The van der Waals surface area contributed by atoms with Crippen molar-refractivity contribution in [2.24, 2.45) is 0 Å². The first-order valence-corrected chi connectivity index (χ1v) is 8.90. The third-order valence-corrected chi connectivity index (χ3v) is 5.34. The largest absolute Gasteiger partial charge is 0.368 e. The molecule has 0 fully saturated rings. The van der Waals surface area contributed by atoms with E-state index in [1.807, 2.05) is 24.5 Å². The van der Waals surface area contributed by atoms with Crippen LogP contribution in [-0.4, -0.2) is 26.4 Å². The molecule has 122 valence electrons. The van der Waals surface area contributed by atoms with Crippen molar-refractivity contribution in [1.82, 2.24) is 19.9 Å². The molecule has 3 aromatic rings. The lowest BCUT2D eigenvalue weighted by Gasteiger charge is -2.27. The normalized spacial score (nSPS) is 14.5. The Hall–Kier alpha value is -2.02. The number of aromatic nitrogens is 3. The fourth-order valence-electron chi connectivity index (χ4n) is 2.90. The summed E-state index contributed by atoms with van der Waals surface area (Å²) in [5.41, 5.74) is 10.0. The maximum Gasteiger partial charge on any atom is 0.220 e. The van der Waals surface area contributed by atoms with E-state index in [9.17, 15) is 0 Å². The summed E-state index contributed by atoms with van der Waals surface area (Å²) in [5.74, 6) is 0.357. The first kappa shape index (κ1) is 15.5. The summed E-state index contributed by atoms with van der Waals surface area (Å²) in [6.45, 7) is 2.67. The third kappa shape index (κ3) is 3.26. The molecular weight excluding hydrogens is 342 g/mol. The average molecular weight is 358 g/mol. The Morgan fingerprint density at radius 2 is 2.08 bits per heavy atom. The third-order valence-electron chi connectivity index (χ3n) is 4.09. The van der Waals surface area contributed by atoms with Crippen LogP contribution in [0.4, 0.5) is 5.95 Å². The first-order valence-electron chi connectivity index (χ1n) is 7.70. The zero-order chi connectivity index (χ0) is 16.5. The Balaban J connectivity index is 1.45. The lowest BCUT2D eigenvalue weighted by Crippen LogP contribution is -2.31. The highest BCUT2D eigenvalue weighted by Crippen LogP contribution is 2.29. The van der Waals surface area contributed by atoms with Crippen molar-refractivity contribution in [3.05, 3.63) is 57.8 Å². The molecule has 0 atom stereocenters. The Kier molecular flexibility index (Phi) is 4.18. The van der Waals surface area contributed by atoms with E-state index in [4.69, 9.17) is 17.3 Å². The van der Waals surface area contributed by atoms with E-state index < -0.39 is 0 Å². The molecule has 0 unspecified atom stereocenters. The summed E-state index contributed by atoms with van der Waals surface area (Å²) < 4.78 is 0.783. The molecule has 0 radical (unpaired) electrons. The second kappa shape index (κ2) is 6.47. The van der Waals surface area contributed by atoms with Crippen molar-refractivity contribution in [3.8, 4) is 10.6 Å². The van der Waals surface area contributed by atoms with Crippen molar-refractivity contribution < 1.29 is 0 Å². The van der Waals surface area contributed by atoms with Crippen molar-refractivity contribution >= 4 is 28.9 Å². The second-order valence-electron chi connectivity index (χ2n) is 5.82. The molecule has 0 aromatic carbocycles. The molecule has 0 bridgehead atoms. The number of pyridine rings is 1. The minimum Gasteiger partial charge on any atom is -0.368 e. The fraction of sp³-hybridized carbons (Fsp3) is 0.235. The zero-order valence-corrected chi connectivity index (χ0v) is 14.5. The standard InChI is InChI=1S/C17H16ClN5S/c18-16-4-3-15(24-16)14-2-1-11(7-20-14)9-23-6-5-13-12(10-23)8-21-17(19)22-13/h1-4,7-8H,5-6,9-10H2,(H2,19,21,22). The van der Waals surface area contributed by atoms with Gasteiger partial charge in [0.25, 0.3) is 0 Å². The van der Waals surface area contributed by atoms with Crippen LogP contribution in [0.15, 0.2) is 36.7 Å². The van der Waals surface area contributed by atoms with Crippen molar-refractivity contribution in [2.75, 3.05) is 12.3 Å². The van der Waals surface area contributed by atoms with E-state index in [0.717, 1.165) is 52.2 Å². The minimum atomic E-state index is 0.357. The number of hydrogen-bond donors (Lipinski definition) is 1. The number of anilines is 1. The summed E-state index contributed by atoms with van der Waals surface area (Å²) in [4.78, 5) is 16.5. The number of nitrogens with zero attached hydrogens (tertiary/aromatic N) is 4. The number of nitrogen functional groups attached to an aromatic ring is 1. The fourth-order valence-corrected chi connectivity index (χ4v) is 3.92. The number of rotatable bonds is 3. The number of fused-ring (bicyclic) bond motifs is 1. The lowest BCUT2D eigenvalue weighted by atomic mass is 10.1. The van der Waals surface area contributed by atoms with E-state index in [0.29, 0.717) is 5.95 Å². The van der Waals surface area contributed by atoms with Gasteiger partial charge < -0.3 is 5.73 Å². The zero-order valence-electron chi connectivity index (χ0n) is 12.9. The van der Waals surface area contributed by atoms with E-state index >= 15 is 0 Å². The lowest BCUT2D eigenvalue weighted by molar-refractivity contribution is 0.243. The second-order valence-corrected chi connectivity index (χ2v) is 7.53. The van der Waals surface area contributed by atoms with Crippen LogP contribution in [0.2, 0.25) is 4.34 Å². The topological polar surface area (TPSA) is 67.9 Å². The van der Waals surface area contributed by atoms with Crippen molar-refractivity contribution in [3.63, 3.8) is 0 Å². The van der Waals surface area contributed by atoms with E-state index in [1.165, 1.54) is 5.56 Å². The van der Waals surface area contributed by atoms with Gasteiger partial charge in [0.05, 0.1) is 20.6 Å². The Bertz CT molecular complexity index is 862. The highest BCUT2D eigenvalue weighted by molar-refractivity contribution is 7.19. The van der Waals surface area contributed by atoms with Gasteiger partial charge >= 0.3 is 0 Å². The Morgan fingerprint density at radius 3 is 2.83 bits per heavy atom. The van der Waals surface area contributed by atoms with Gasteiger partial charge in [0, 0.05) is 44.0 Å².